The number of aromatic hydroxyl groups is 1. The summed E-state index contributed by atoms with van der Waals surface area (Å²) in [4.78, 5) is 12.1. The number of phenolic OH excluding ortho intramolecular Hbond substituents is 1. The molecular weight excluding hydrogens is 266 g/mol. The molecule has 1 unspecified atom stereocenters. The zero-order valence-corrected chi connectivity index (χ0v) is 12.2. The molecule has 0 heterocycles. The molecule has 0 aliphatic heterocycles. The number of phenols is 1. The SMILES string of the molecule is CC(CO)CCCNC(=O)c1ccc2ccccc2c1O. The smallest absolute Gasteiger partial charge is 0.255 e. The third-order valence-corrected chi connectivity index (χ3v) is 3.62. The standard InChI is InChI=1S/C17H21NO3/c1-12(11-19)5-4-10-18-17(21)15-9-8-13-6-2-3-7-14(13)16(15)20/h2-3,6-9,12,19-20H,4-5,10-11H2,1H3,(H,18,21). The molecule has 1 atom stereocenters. The zero-order chi connectivity index (χ0) is 15.2. The van der Waals surface area contributed by atoms with Crippen LogP contribution in [0.2, 0.25) is 0 Å². The molecule has 2 aromatic rings. The molecule has 2 rings (SSSR count). The zero-order valence-electron chi connectivity index (χ0n) is 12.2. The van der Waals surface area contributed by atoms with Gasteiger partial charge in [-0.2, -0.15) is 0 Å². The number of carbonyl (C=O) groups excluding carboxylic acids is 1. The van der Waals surface area contributed by atoms with Gasteiger partial charge in [0.05, 0.1) is 5.56 Å². The van der Waals surface area contributed by atoms with E-state index in [4.69, 9.17) is 5.11 Å². The molecule has 0 saturated carbocycles. The Morgan fingerprint density at radius 1 is 1.24 bits per heavy atom. The molecule has 0 fully saturated rings. The monoisotopic (exact) mass is 287 g/mol. The Morgan fingerprint density at radius 2 is 2.00 bits per heavy atom. The number of benzene rings is 2. The second kappa shape index (κ2) is 7.09. The average molecular weight is 287 g/mol. The summed E-state index contributed by atoms with van der Waals surface area (Å²) >= 11 is 0. The van der Waals surface area contributed by atoms with Crippen LogP contribution in [0.4, 0.5) is 0 Å². The molecular formula is C17H21NO3. The Bertz CT molecular complexity index is 624. The van der Waals surface area contributed by atoms with E-state index in [2.05, 4.69) is 5.32 Å². The van der Waals surface area contributed by atoms with E-state index in [9.17, 15) is 9.90 Å². The van der Waals surface area contributed by atoms with Gasteiger partial charge in [-0.15, -0.1) is 0 Å². The van der Waals surface area contributed by atoms with Crippen LogP contribution >= 0.6 is 0 Å². The van der Waals surface area contributed by atoms with Gasteiger partial charge in [-0.05, 0) is 30.2 Å². The van der Waals surface area contributed by atoms with E-state index in [1.165, 1.54) is 0 Å². The summed E-state index contributed by atoms with van der Waals surface area (Å²) in [7, 11) is 0. The van der Waals surface area contributed by atoms with Crippen molar-refractivity contribution in [3.05, 3.63) is 42.0 Å². The van der Waals surface area contributed by atoms with Crippen molar-refractivity contribution >= 4 is 16.7 Å². The maximum absolute atomic E-state index is 12.1. The fourth-order valence-electron chi connectivity index (χ4n) is 2.28. The van der Waals surface area contributed by atoms with Crippen LogP contribution in [0, 0.1) is 5.92 Å². The minimum absolute atomic E-state index is 0.0225. The van der Waals surface area contributed by atoms with Crippen LogP contribution in [0.5, 0.6) is 5.75 Å². The molecule has 2 aromatic carbocycles. The lowest BCUT2D eigenvalue weighted by Crippen LogP contribution is -2.25. The largest absolute Gasteiger partial charge is 0.506 e. The number of aliphatic hydroxyl groups excluding tert-OH is 1. The quantitative estimate of drug-likeness (QED) is 0.715. The summed E-state index contributed by atoms with van der Waals surface area (Å²) in [6.07, 6.45) is 1.67. The van der Waals surface area contributed by atoms with Gasteiger partial charge >= 0.3 is 0 Å². The van der Waals surface area contributed by atoms with Crippen molar-refractivity contribution in [1.29, 1.82) is 0 Å². The Hall–Kier alpha value is -2.07. The van der Waals surface area contributed by atoms with Crippen LogP contribution in [-0.4, -0.2) is 29.3 Å². The predicted octanol–water partition coefficient (Wildman–Crippen LogP) is 2.68. The van der Waals surface area contributed by atoms with E-state index in [1.807, 2.05) is 31.2 Å². The van der Waals surface area contributed by atoms with E-state index in [1.54, 1.807) is 12.1 Å². The van der Waals surface area contributed by atoms with Crippen LogP contribution < -0.4 is 5.32 Å². The number of amides is 1. The average Bonchev–Trinajstić information content (AvgIpc) is 2.51. The first-order valence-corrected chi connectivity index (χ1v) is 7.23. The molecule has 4 nitrogen and oxygen atoms in total. The van der Waals surface area contributed by atoms with Gasteiger partial charge in [-0.25, -0.2) is 0 Å². The maximum atomic E-state index is 12.1. The fourth-order valence-corrected chi connectivity index (χ4v) is 2.28. The summed E-state index contributed by atoms with van der Waals surface area (Å²) < 4.78 is 0. The molecule has 0 aliphatic rings. The highest BCUT2D eigenvalue weighted by Gasteiger charge is 2.13. The number of aliphatic hydroxyl groups is 1. The first-order valence-electron chi connectivity index (χ1n) is 7.23. The van der Waals surface area contributed by atoms with Crippen molar-refractivity contribution in [3.63, 3.8) is 0 Å². The summed E-state index contributed by atoms with van der Waals surface area (Å²) in [5, 5.41) is 23.5. The van der Waals surface area contributed by atoms with Crippen LogP contribution in [0.25, 0.3) is 10.8 Å². The van der Waals surface area contributed by atoms with Crippen LogP contribution in [0.1, 0.15) is 30.1 Å². The van der Waals surface area contributed by atoms with Gasteiger partial charge in [0.2, 0.25) is 0 Å². The highest BCUT2D eigenvalue weighted by Crippen LogP contribution is 2.28. The molecule has 1 amide bonds. The number of carbonyl (C=O) groups is 1. The molecule has 112 valence electrons. The van der Waals surface area contributed by atoms with Crippen molar-refractivity contribution in [2.75, 3.05) is 13.2 Å². The highest BCUT2D eigenvalue weighted by molar-refractivity contribution is 6.03. The molecule has 0 spiro atoms. The van der Waals surface area contributed by atoms with E-state index in [-0.39, 0.29) is 24.2 Å². The van der Waals surface area contributed by atoms with Gasteiger partial charge < -0.3 is 15.5 Å². The normalized spacial score (nSPS) is 12.3. The van der Waals surface area contributed by atoms with E-state index < -0.39 is 0 Å². The third kappa shape index (κ3) is 3.73. The Kier molecular flexibility index (Phi) is 5.17. The Balaban J connectivity index is 2.01. The maximum Gasteiger partial charge on any atom is 0.255 e. The highest BCUT2D eigenvalue weighted by atomic mass is 16.3. The van der Waals surface area contributed by atoms with E-state index in [0.29, 0.717) is 17.5 Å². The molecule has 0 aromatic heterocycles. The lowest BCUT2D eigenvalue weighted by molar-refractivity contribution is 0.0949. The molecule has 3 N–H and O–H groups in total. The van der Waals surface area contributed by atoms with E-state index >= 15 is 0 Å². The number of hydrogen-bond donors (Lipinski definition) is 3. The predicted molar refractivity (Wildman–Crippen MR) is 83.4 cm³/mol. The second-order valence-electron chi connectivity index (χ2n) is 5.37. The summed E-state index contributed by atoms with van der Waals surface area (Å²) in [5.74, 6) is 0.000189. The molecule has 0 aliphatic carbocycles. The van der Waals surface area contributed by atoms with Crippen molar-refractivity contribution in [2.24, 2.45) is 5.92 Å². The van der Waals surface area contributed by atoms with E-state index in [0.717, 1.165) is 18.2 Å². The lowest BCUT2D eigenvalue weighted by Gasteiger charge is -2.10. The summed E-state index contributed by atoms with van der Waals surface area (Å²) in [6, 6.07) is 10.9. The van der Waals surface area contributed by atoms with Crippen LogP contribution in [0.3, 0.4) is 0 Å². The van der Waals surface area contributed by atoms with Gasteiger partial charge in [0.25, 0.3) is 5.91 Å². The van der Waals surface area contributed by atoms with Crippen molar-refractivity contribution in [2.45, 2.75) is 19.8 Å². The van der Waals surface area contributed by atoms with Crippen LogP contribution in [-0.2, 0) is 0 Å². The molecule has 0 saturated heterocycles. The number of nitrogens with one attached hydrogen (secondary N) is 1. The first-order chi connectivity index (χ1) is 10.1. The minimum atomic E-state index is -0.269. The Morgan fingerprint density at radius 3 is 2.76 bits per heavy atom. The van der Waals surface area contributed by atoms with Gasteiger partial charge in [0.15, 0.2) is 0 Å². The topological polar surface area (TPSA) is 69.6 Å². The minimum Gasteiger partial charge on any atom is -0.506 e. The van der Waals surface area contributed by atoms with Gasteiger partial charge in [0, 0.05) is 18.5 Å². The number of rotatable bonds is 6. The van der Waals surface area contributed by atoms with Gasteiger partial charge in [-0.1, -0.05) is 37.3 Å². The molecule has 0 radical (unpaired) electrons. The van der Waals surface area contributed by atoms with Crippen LogP contribution in [0.15, 0.2) is 36.4 Å². The van der Waals surface area contributed by atoms with Crippen molar-refractivity contribution < 1.29 is 15.0 Å². The lowest BCUT2D eigenvalue weighted by atomic mass is 10.0. The molecule has 4 heteroatoms. The number of hydrogen-bond acceptors (Lipinski definition) is 3. The Labute approximate surface area is 124 Å². The van der Waals surface area contributed by atoms with Crippen molar-refractivity contribution in [1.82, 2.24) is 5.32 Å². The third-order valence-electron chi connectivity index (χ3n) is 3.62. The summed E-state index contributed by atoms with van der Waals surface area (Å²) in [6.45, 7) is 2.67. The molecule has 21 heavy (non-hydrogen) atoms. The first kappa shape index (κ1) is 15.3. The second-order valence-corrected chi connectivity index (χ2v) is 5.37. The fraction of sp³-hybridized carbons (Fsp3) is 0.353. The van der Waals surface area contributed by atoms with Gasteiger partial charge in [0.1, 0.15) is 5.75 Å². The van der Waals surface area contributed by atoms with Crippen molar-refractivity contribution in [3.8, 4) is 5.75 Å². The number of fused-ring (bicyclic) bond motifs is 1. The van der Waals surface area contributed by atoms with Gasteiger partial charge in [-0.3, -0.25) is 4.79 Å². The summed E-state index contributed by atoms with van der Waals surface area (Å²) in [5.41, 5.74) is 0.295. The molecule has 0 bridgehead atoms.